The first-order valence-corrected chi connectivity index (χ1v) is 9.31. The van der Waals surface area contributed by atoms with Gasteiger partial charge in [-0.25, -0.2) is 0 Å². The smallest absolute Gasteiger partial charge is 0.290 e. The fourth-order valence-electron chi connectivity index (χ4n) is 2.63. The minimum atomic E-state index is -0.427. The highest BCUT2D eigenvalue weighted by Gasteiger charge is 2.25. The van der Waals surface area contributed by atoms with Crippen molar-refractivity contribution in [3.63, 3.8) is 0 Å². The first-order valence-electron chi connectivity index (χ1n) is 8.49. The third-order valence-electron chi connectivity index (χ3n) is 3.86. The Labute approximate surface area is 165 Å². The predicted octanol–water partition coefficient (Wildman–Crippen LogP) is 3.95. The van der Waals surface area contributed by atoms with Crippen molar-refractivity contribution in [3.8, 4) is 17.6 Å². The van der Waals surface area contributed by atoms with E-state index in [0.717, 1.165) is 28.5 Å². The molecule has 0 radical (unpaired) electrons. The van der Waals surface area contributed by atoms with Crippen molar-refractivity contribution in [1.29, 1.82) is 0 Å². The number of ether oxygens (including phenoxy) is 1. The zero-order valence-electron chi connectivity index (χ0n) is 14.8. The van der Waals surface area contributed by atoms with E-state index in [-0.39, 0.29) is 0 Å². The summed E-state index contributed by atoms with van der Waals surface area (Å²) >= 11 is 0.842. The third-order valence-corrected chi connectivity index (χ3v) is 4.67. The second-order valence-corrected chi connectivity index (χ2v) is 6.83. The molecule has 0 unspecified atom stereocenters. The monoisotopic (exact) mass is 390 g/mol. The Balaban J connectivity index is 1.64. The van der Waals surface area contributed by atoms with Gasteiger partial charge < -0.3 is 9.15 Å². The molecule has 28 heavy (non-hydrogen) atoms. The summed E-state index contributed by atoms with van der Waals surface area (Å²) in [6.07, 6.45) is 4.83. The number of benzene rings is 1. The number of carbonyl (C=O) groups is 2. The summed E-state index contributed by atoms with van der Waals surface area (Å²) in [6.45, 7) is 2.55. The van der Waals surface area contributed by atoms with Gasteiger partial charge in [-0.15, -0.1) is 0 Å². The zero-order valence-corrected chi connectivity index (χ0v) is 15.6. The summed E-state index contributed by atoms with van der Waals surface area (Å²) in [6, 6.07) is 9.27. The second kappa shape index (κ2) is 7.62. The molecule has 1 aliphatic rings. The molecule has 0 atom stereocenters. The molecule has 1 fully saturated rings. The lowest BCUT2D eigenvalue weighted by Gasteiger charge is -2.01. The molecule has 2 amide bonds. The number of carbonyl (C=O) groups excluding carboxylic acids is 2. The van der Waals surface area contributed by atoms with Crippen LogP contribution in [-0.4, -0.2) is 22.7 Å². The van der Waals surface area contributed by atoms with Crippen LogP contribution >= 0.6 is 11.8 Å². The average molecular weight is 390 g/mol. The van der Waals surface area contributed by atoms with E-state index in [4.69, 9.17) is 9.15 Å². The molecule has 0 aliphatic carbocycles. The third kappa shape index (κ3) is 3.77. The van der Waals surface area contributed by atoms with Gasteiger partial charge in [-0.05, 0) is 49.0 Å². The highest BCUT2D eigenvalue weighted by atomic mass is 32.2. The van der Waals surface area contributed by atoms with E-state index in [1.54, 1.807) is 18.5 Å². The predicted molar refractivity (Wildman–Crippen MR) is 107 cm³/mol. The average Bonchev–Trinajstić information content (AvgIpc) is 3.24. The molecule has 3 aromatic rings. The number of furan rings is 1. The van der Waals surface area contributed by atoms with Crippen LogP contribution in [0.4, 0.5) is 4.79 Å². The van der Waals surface area contributed by atoms with Crippen molar-refractivity contribution in [2.75, 3.05) is 6.61 Å². The van der Waals surface area contributed by atoms with Crippen LogP contribution in [0.1, 0.15) is 23.8 Å². The quantitative estimate of drug-likeness (QED) is 0.539. The van der Waals surface area contributed by atoms with Gasteiger partial charge in [0, 0.05) is 29.4 Å². The van der Waals surface area contributed by atoms with Crippen molar-refractivity contribution < 1.29 is 18.7 Å². The van der Waals surface area contributed by atoms with Crippen LogP contribution in [0.2, 0.25) is 0 Å². The van der Waals surface area contributed by atoms with Gasteiger partial charge in [0.1, 0.15) is 11.5 Å². The molecule has 1 N–H and O–H groups in total. The van der Waals surface area contributed by atoms with Gasteiger partial charge >= 0.3 is 0 Å². The van der Waals surface area contributed by atoms with Crippen LogP contribution in [-0.2, 0) is 4.79 Å². The summed E-state index contributed by atoms with van der Waals surface area (Å²) in [5.74, 6) is 6.99. The Hall–Kier alpha value is -3.50. The molecular weight excluding hydrogens is 376 g/mol. The molecule has 4 rings (SSSR count). The fourth-order valence-corrected chi connectivity index (χ4v) is 3.30. The van der Waals surface area contributed by atoms with E-state index in [9.17, 15) is 9.59 Å². The first-order chi connectivity index (χ1) is 13.6. The number of nitrogens with one attached hydrogen (secondary N) is 1. The lowest BCUT2D eigenvalue weighted by Crippen LogP contribution is -2.17. The van der Waals surface area contributed by atoms with E-state index in [1.165, 1.54) is 6.08 Å². The van der Waals surface area contributed by atoms with Gasteiger partial charge in [-0.3, -0.25) is 19.9 Å². The first kappa shape index (κ1) is 17.9. The van der Waals surface area contributed by atoms with E-state index >= 15 is 0 Å². The number of rotatable bonds is 3. The minimum absolute atomic E-state index is 0.291. The SMILES string of the molecule is CCOc1ccc(C#Cc2cncc3cc(/C=C4\SC(=O)NC4=O)oc23)cc1. The van der Waals surface area contributed by atoms with Crippen LogP contribution in [0.5, 0.6) is 5.75 Å². The summed E-state index contributed by atoms with van der Waals surface area (Å²) in [5, 5.41) is 2.59. The fraction of sp³-hybridized carbons (Fsp3) is 0.0952. The van der Waals surface area contributed by atoms with Crippen molar-refractivity contribution >= 4 is 40.0 Å². The van der Waals surface area contributed by atoms with Gasteiger partial charge in [0.2, 0.25) is 0 Å². The Morgan fingerprint density at radius 3 is 2.75 bits per heavy atom. The lowest BCUT2D eigenvalue weighted by molar-refractivity contribution is -0.115. The number of fused-ring (bicyclic) bond motifs is 1. The Morgan fingerprint density at radius 1 is 1.21 bits per heavy atom. The Bertz CT molecular complexity index is 1170. The maximum atomic E-state index is 11.7. The highest BCUT2D eigenvalue weighted by molar-refractivity contribution is 8.18. The second-order valence-electron chi connectivity index (χ2n) is 5.81. The zero-order chi connectivity index (χ0) is 19.5. The van der Waals surface area contributed by atoms with E-state index in [1.807, 2.05) is 31.2 Å². The van der Waals surface area contributed by atoms with Crippen molar-refractivity contribution in [2.24, 2.45) is 0 Å². The number of aromatic nitrogens is 1. The number of hydrogen-bond donors (Lipinski definition) is 1. The number of thioether (sulfide) groups is 1. The topological polar surface area (TPSA) is 81.4 Å². The largest absolute Gasteiger partial charge is 0.494 e. The molecule has 2 aromatic heterocycles. The standard InChI is InChI=1S/C21H14N2O4S/c1-2-26-16-7-4-13(5-8-16)3-6-14-11-22-12-15-9-17(27-19(14)15)10-18-20(24)23-21(25)28-18/h4-5,7-12H,2H2,1H3,(H,23,24,25)/b18-10-. The molecule has 1 aromatic carbocycles. The molecule has 0 saturated carbocycles. The van der Waals surface area contributed by atoms with Gasteiger partial charge in [-0.1, -0.05) is 11.8 Å². The molecule has 1 saturated heterocycles. The Kier molecular flexibility index (Phi) is 4.87. The Morgan fingerprint density at radius 2 is 2.04 bits per heavy atom. The molecule has 6 nitrogen and oxygen atoms in total. The van der Waals surface area contributed by atoms with E-state index in [0.29, 0.717) is 28.4 Å². The van der Waals surface area contributed by atoms with Crippen LogP contribution in [0.3, 0.4) is 0 Å². The summed E-state index contributed by atoms with van der Waals surface area (Å²) in [7, 11) is 0. The number of pyridine rings is 1. The minimum Gasteiger partial charge on any atom is -0.494 e. The van der Waals surface area contributed by atoms with Gasteiger partial charge in [0.15, 0.2) is 5.58 Å². The van der Waals surface area contributed by atoms with Crippen LogP contribution in [0.15, 0.2) is 52.0 Å². The van der Waals surface area contributed by atoms with Crippen LogP contribution in [0, 0.1) is 11.8 Å². The van der Waals surface area contributed by atoms with E-state index in [2.05, 4.69) is 22.1 Å². The highest BCUT2D eigenvalue weighted by Crippen LogP contribution is 2.28. The number of imide groups is 1. The van der Waals surface area contributed by atoms with Gasteiger partial charge in [-0.2, -0.15) is 0 Å². The maximum Gasteiger partial charge on any atom is 0.290 e. The molecule has 0 bridgehead atoms. The summed E-state index contributed by atoms with van der Waals surface area (Å²) in [5.41, 5.74) is 2.05. The van der Waals surface area contributed by atoms with Gasteiger partial charge in [0.05, 0.1) is 17.1 Å². The van der Waals surface area contributed by atoms with E-state index < -0.39 is 11.1 Å². The lowest BCUT2D eigenvalue weighted by atomic mass is 10.2. The van der Waals surface area contributed by atoms with Gasteiger partial charge in [0.25, 0.3) is 11.1 Å². The summed E-state index contributed by atoms with van der Waals surface area (Å²) < 4.78 is 11.3. The van der Waals surface area contributed by atoms with Crippen LogP contribution < -0.4 is 10.1 Å². The molecular formula is C21H14N2O4S. The maximum absolute atomic E-state index is 11.7. The molecule has 7 heteroatoms. The van der Waals surface area contributed by atoms with Crippen molar-refractivity contribution in [1.82, 2.24) is 10.3 Å². The van der Waals surface area contributed by atoms with Crippen molar-refractivity contribution in [2.45, 2.75) is 6.92 Å². The molecule has 138 valence electrons. The number of amides is 2. The van der Waals surface area contributed by atoms with Crippen molar-refractivity contribution in [3.05, 3.63) is 64.5 Å². The normalized spacial score (nSPS) is 14.8. The summed E-state index contributed by atoms with van der Waals surface area (Å²) in [4.78, 5) is 27.5. The molecule has 1 aliphatic heterocycles. The molecule has 3 heterocycles. The number of hydrogen-bond acceptors (Lipinski definition) is 6. The number of nitrogens with zero attached hydrogens (tertiary/aromatic N) is 1. The van der Waals surface area contributed by atoms with Crippen LogP contribution in [0.25, 0.3) is 17.0 Å². The molecule has 0 spiro atoms.